The number of hydrogen-bond acceptors (Lipinski definition) is 3. The predicted octanol–water partition coefficient (Wildman–Crippen LogP) is 0.958. The van der Waals surface area contributed by atoms with Crippen LogP contribution in [-0.2, 0) is 0 Å². The van der Waals surface area contributed by atoms with Crippen molar-refractivity contribution in [1.29, 1.82) is 0 Å². The van der Waals surface area contributed by atoms with E-state index in [0.717, 1.165) is 42.7 Å². The molecule has 3 rings (SSSR count). The molecule has 0 unspecified atom stereocenters. The van der Waals surface area contributed by atoms with Gasteiger partial charge in [-0.3, -0.25) is 4.57 Å². The van der Waals surface area contributed by atoms with Gasteiger partial charge in [0.2, 0.25) is 0 Å². The average molecular weight is 232 g/mol. The van der Waals surface area contributed by atoms with Crippen molar-refractivity contribution in [1.82, 2.24) is 19.9 Å². The number of rotatable bonds is 1. The van der Waals surface area contributed by atoms with Gasteiger partial charge in [-0.1, -0.05) is 0 Å². The van der Waals surface area contributed by atoms with E-state index in [0.29, 0.717) is 0 Å². The molecule has 1 fully saturated rings. The first-order valence-electron chi connectivity index (χ1n) is 6.03. The number of aromatic amines is 1. The van der Waals surface area contributed by atoms with Crippen LogP contribution in [0, 0.1) is 6.92 Å². The van der Waals surface area contributed by atoms with Crippen molar-refractivity contribution in [3.63, 3.8) is 0 Å². The molecule has 2 N–H and O–H groups in total. The van der Waals surface area contributed by atoms with Crippen molar-refractivity contribution in [2.24, 2.45) is 0 Å². The molecule has 1 aliphatic heterocycles. The Bertz CT molecular complexity index is 592. The topological polar surface area (TPSA) is 62.7 Å². The van der Waals surface area contributed by atoms with E-state index in [1.807, 2.05) is 23.8 Å². The monoisotopic (exact) mass is 232 g/mol. The number of H-pyrrole nitrogens is 1. The second kappa shape index (κ2) is 4.00. The molecule has 0 atom stereocenters. The molecule has 1 saturated heterocycles. The van der Waals surface area contributed by atoms with Gasteiger partial charge in [-0.25, -0.2) is 9.78 Å². The van der Waals surface area contributed by atoms with Crippen LogP contribution < -0.4 is 11.0 Å². The van der Waals surface area contributed by atoms with Gasteiger partial charge in [0.15, 0.2) is 5.65 Å². The number of nitrogens with one attached hydrogen (secondary N) is 2. The van der Waals surface area contributed by atoms with Gasteiger partial charge < -0.3 is 10.3 Å². The Morgan fingerprint density at radius 3 is 2.94 bits per heavy atom. The van der Waals surface area contributed by atoms with Crippen molar-refractivity contribution in [2.45, 2.75) is 25.8 Å². The van der Waals surface area contributed by atoms with Crippen molar-refractivity contribution < 1.29 is 0 Å². The molecule has 0 aliphatic carbocycles. The van der Waals surface area contributed by atoms with Crippen LogP contribution in [0.3, 0.4) is 0 Å². The van der Waals surface area contributed by atoms with E-state index in [2.05, 4.69) is 15.3 Å². The second-order valence-electron chi connectivity index (χ2n) is 4.67. The third-order valence-electron chi connectivity index (χ3n) is 3.37. The molecule has 0 bridgehead atoms. The fourth-order valence-electron chi connectivity index (χ4n) is 2.52. The predicted molar refractivity (Wildman–Crippen MR) is 66.2 cm³/mol. The Balaban J connectivity index is 2.14. The summed E-state index contributed by atoms with van der Waals surface area (Å²) in [5.41, 5.74) is 2.65. The average Bonchev–Trinajstić information content (AvgIpc) is 2.65. The zero-order valence-corrected chi connectivity index (χ0v) is 9.86. The van der Waals surface area contributed by atoms with E-state index < -0.39 is 0 Å². The third-order valence-corrected chi connectivity index (χ3v) is 3.37. The number of imidazole rings is 1. The van der Waals surface area contributed by atoms with Crippen LogP contribution >= 0.6 is 0 Å². The molecule has 5 nitrogen and oxygen atoms in total. The number of pyridine rings is 1. The molecule has 5 heteroatoms. The highest BCUT2D eigenvalue weighted by Crippen LogP contribution is 2.20. The lowest BCUT2D eigenvalue weighted by atomic mass is 10.1. The molecule has 0 radical (unpaired) electrons. The molecule has 0 spiro atoms. The van der Waals surface area contributed by atoms with Crippen molar-refractivity contribution >= 4 is 11.2 Å². The van der Waals surface area contributed by atoms with E-state index in [4.69, 9.17) is 0 Å². The summed E-state index contributed by atoms with van der Waals surface area (Å²) in [5.74, 6) is 0. The van der Waals surface area contributed by atoms with Crippen LogP contribution in [0.25, 0.3) is 11.2 Å². The van der Waals surface area contributed by atoms with Crippen molar-refractivity contribution in [3.05, 3.63) is 28.3 Å². The van der Waals surface area contributed by atoms with E-state index in [9.17, 15) is 4.79 Å². The summed E-state index contributed by atoms with van der Waals surface area (Å²) in [4.78, 5) is 19.3. The van der Waals surface area contributed by atoms with Crippen molar-refractivity contribution in [3.8, 4) is 0 Å². The van der Waals surface area contributed by atoms with Gasteiger partial charge in [0.05, 0.1) is 5.52 Å². The summed E-state index contributed by atoms with van der Waals surface area (Å²) in [5, 5.41) is 3.31. The van der Waals surface area contributed by atoms with Crippen LogP contribution in [0.5, 0.6) is 0 Å². The number of aryl methyl sites for hydroxylation is 1. The van der Waals surface area contributed by atoms with Crippen LogP contribution in [0.4, 0.5) is 0 Å². The molecule has 2 aromatic rings. The Kier molecular flexibility index (Phi) is 2.48. The Labute approximate surface area is 98.9 Å². The summed E-state index contributed by atoms with van der Waals surface area (Å²) < 4.78 is 1.82. The maximum atomic E-state index is 12.0. The van der Waals surface area contributed by atoms with Gasteiger partial charge >= 0.3 is 5.69 Å². The zero-order chi connectivity index (χ0) is 11.8. The highest BCUT2D eigenvalue weighted by Gasteiger charge is 2.20. The van der Waals surface area contributed by atoms with Gasteiger partial charge in [0, 0.05) is 12.2 Å². The largest absolute Gasteiger partial charge is 0.327 e. The normalized spacial score (nSPS) is 17.7. The lowest BCUT2D eigenvalue weighted by Crippen LogP contribution is -2.33. The molecule has 0 saturated carbocycles. The highest BCUT2D eigenvalue weighted by atomic mass is 16.1. The quantitative estimate of drug-likeness (QED) is 0.769. The summed E-state index contributed by atoms with van der Waals surface area (Å²) in [6.07, 6.45) is 3.79. The lowest BCUT2D eigenvalue weighted by molar-refractivity contribution is 0.367. The van der Waals surface area contributed by atoms with E-state index in [1.54, 1.807) is 0 Å². The minimum absolute atomic E-state index is 0.0370. The number of fused-ring (bicyclic) bond motifs is 1. The van der Waals surface area contributed by atoms with E-state index >= 15 is 0 Å². The Morgan fingerprint density at radius 1 is 1.41 bits per heavy atom. The van der Waals surface area contributed by atoms with Gasteiger partial charge in [-0.15, -0.1) is 0 Å². The zero-order valence-electron chi connectivity index (χ0n) is 9.86. The van der Waals surface area contributed by atoms with Gasteiger partial charge in [0.1, 0.15) is 0 Å². The Morgan fingerprint density at radius 2 is 2.18 bits per heavy atom. The summed E-state index contributed by atoms with van der Waals surface area (Å²) in [6.45, 7) is 3.91. The first kappa shape index (κ1) is 10.5. The molecular formula is C12H16N4O. The maximum absolute atomic E-state index is 12.0. The molecule has 2 aromatic heterocycles. The summed E-state index contributed by atoms with van der Waals surface area (Å²) in [6, 6.07) is 2.24. The molecular weight excluding hydrogens is 216 g/mol. The fourth-order valence-corrected chi connectivity index (χ4v) is 2.52. The number of aromatic nitrogens is 3. The molecule has 0 aromatic carbocycles. The minimum Gasteiger partial charge on any atom is -0.317 e. The first-order chi connectivity index (χ1) is 8.25. The molecule has 0 amide bonds. The smallest absolute Gasteiger partial charge is 0.317 e. The lowest BCUT2D eigenvalue weighted by Gasteiger charge is -2.23. The summed E-state index contributed by atoms with van der Waals surface area (Å²) in [7, 11) is 0. The number of nitrogens with zero attached hydrogens (tertiary/aromatic N) is 2. The van der Waals surface area contributed by atoms with Crippen LogP contribution in [0.2, 0.25) is 0 Å². The van der Waals surface area contributed by atoms with Crippen molar-refractivity contribution in [2.75, 3.05) is 13.1 Å². The Hall–Kier alpha value is -1.62. The van der Waals surface area contributed by atoms with Crippen LogP contribution in [0.15, 0.2) is 17.1 Å². The fraction of sp³-hybridized carbons (Fsp3) is 0.500. The van der Waals surface area contributed by atoms with Crippen LogP contribution in [0.1, 0.15) is 24.4 Å². The van der Waals surface area contributed by atoms with Gasteiger partial charge in [-0.2, -0.15) is 0 Å². The molecule has 3 heterocycles. The number of piperidine rings is 1. The van der Waals surface area contributed by atoms with Crippen LogP contribution in [-0.4, -0.2) is 27.6 Å². The molecule has 90 valence electrons. The number of hydrogen-bond donors (Lipinski definition) is 2. The maximum Gasteiger partial charge on any atom is 0.327 e. The molecule has 1 aliphatic rings. The van der Waals surface area contributed by atoms with E-state index in [1.165, 1.54) is 0 Å². The van der Waals surface area contributed by atoms with Gasteiger partial charge in [-0.05, 0) is 44.5 Å². The minimum atomic E-state index is -0.0370. The summed E-state index contributed by atoms with van der Waals surface area (Å²) >= 11 is 0. The standard InChI is InChI=1S/C12H16N4O/c1-8-6-10-11(14-7-8)16(12(17)15-10)9-2-4-13-5-3-9/h6-7,9,13H,2-5H2,1H3,(H,15,17). The SMILES string of the molecule is Cc1cnc2c(c1)[nH]c(=O)n2C1CCNCC1. The molecule has 17 heavy (non-hydrogen) atoms. The van der Waals surface area contributed by atoms with E-state index in [-0.39, 0.29) is 11.7 Å². The third kappa shape index (κ3) is 1.76. The van der Waals surface area contributed by atoms with Gasteiger partial charge in [0.25, 0.3) is 0 Å². The second-order valence-corrected chi connectivity index (χ2v) is 4.67. The first-order valence-corrected chi connectivity index (χ1v) is 6.03. The highest BCUT2D eigenvalue weighted by molar-refractivity contribution is 5.71.